The topological polar surface area (TPSA) is 84.7 Å². The van der Waals surface area contributed by atoms with Crippen molar-refractivity contribution in [2.24, 2.45) is 0 Å². The Balaban J connectivity index is 1.22. The number of benzene rings is 3. The van der Waals surface area contributed by atoms with Crippen molar-refractivity contribution in [1.29, 1.82) is 0 Å². The van der Waals surface area contributed by atoms with E-state index in [1.165, 1.54) is 8.99 Å². The standard InChI is InChI=1S/C31H31ClN4O4S/c32-25-9-6-10-26(21-25)36-31(37)30(40-27-11-4-5-12-27)29(22-33-36)34-17-19-35(20-18-34)41(38,39)28-15-13-24(14-16-28)23-7-2-1-3-8-23/h1-3,6-10,13-16,21-22,27H,4-5,11-12,17-20H2. The van der Waals surface area contributed by atoms with E-state index in [1.807, 2.05) is 47.4 Å². The number of piperazine rings is 1. The zero-order valence-corrected chi connectivity index (χ0v) is 24.1. The molecule has 1 aliphatic heterocycles. The monoisotopic (exact) mass is 590 g/mol. The highest BCUT2D eigenvalue weighted by atomic mass is 35.5. The van der Waals surface area contributed by atoms with Gasteiger partial charge in [0, 0.05) is 31.2 Å². The molecule has 0 bridgehead atoms. The van der Waals surface area contributed by atoms with E-state index < -0.39 is 10.0 Å². The van der Waals surface area contributed by atoms with Gasteiger partial charge in [-0.3, -0.25) is 4.79 Å². The van der Waals surface area contributed by atoms with E-state index >= 15 is 0 Å². The average molecular weight is 591 g/mol. The highest BCUT2D eigenvalue weighted by Crippen LogP contribution is 2.31. The predicted molar refractivity (Wildman–Crippen MR) is 161 cm³/mol. The molecule has 41 heavy (non-hydrogen) atoms. The van der Waals surface area contributed by atoms with Crippen LogP contribution in [0.1, 0.15) is 25.7 Å². The number of rotatable bonds is 7. The van der Waals surface area contributed by atoms with Gasteiger partial charge >= 0.3 is 5.56 Å². The van der Waals surface area contributed by atoms with Gasteiger partial charge in [-0.15, -0.1) is 0 Å². The van der Waals surface area contributed by atoms with Gasteiger partial charge in [0.05, 0.1) is 22.9 Å². The van der Waals surface area contributed by atoms with Crippen LogP contribution in [0.4, 0.5) is 5.69 Å². The Kier molecular flexibility index (Phi) is 7.84. The molecule has 6 rings (SSSR count). The smallest absolute Gasteiger partial charge is 0.316 e. The second-order valence-corrected chi connectivity index (χ2v) is 12.7. The second kappa shape index (κ2) is 11.7. The second-order valence-electron chi connectivity index (χ2n) is 10.4. The molecule has 2 fully saturated rings. The summed E-state index contributed by atoms with van der Waals surface area (Å²) in [7, 11) is -3.67. The fourth-order valence-corrected chi connectivity index (χ4v) is 7.11. The molecule has 2 heterocycles. The van der Waals surface area contributed by atoms with Crippen molar-refractivity contribution in [2.75, 3.05) is 31.1 Å². The molecule has 0 N–H and O–H groups in total. The summed E-state index contributed by atoms with van der Waals surface area (Å²) in [5, 5.41) is 4.95. The number of aromatic nitrogens is 2. The number of sulfonamides is 1. The lowest BCUT2D eigenvalue weighted by atomic mass is 10.1. The first kappa shape index (κ1) is 27.5. The fraction of sp³-hybridized carbons (Fsp3) is 0.290. The van der Waals surface area contributed by atoms with Gasteiger partial charge in [0.25, 0.3) is 0 Å². The summed E-state index contributed by atoms with van der Waals surface area (Å²) < 4.78 is 36.0. The normalized spacial score (nSPS) is 16.7. The van der Waals surface area contributed by atoms with E-state index in [2.05, 4.69) is 5.10 Å². The molecule has 0 spiro atoms. The van der Waals surface area contributed by atoms with Crippen LogP contribution in [0.5, 0.6) is 5.75 Å². The van der Waals surface area contributed by atoms with Gasteiger partial charge in [-0.25, -0.2) is 8.42 Å². The molecule has 1 aromatic heterocycles. The Labute approximate surface area is 244 Å². The van der Waals surface area contributed by atoms with Crippen molar-refractivity contribution in [3.05, 3.63) is 100 Å². The van der Waals surface area contributed by atoms with E-state index in [0.29, 0.717) is 29.5 Å². The van der Waals surface area contributed by atoms with E-state index in [9.17, 15) is 13.2 Å². The lowest BCUT2D eigenvalue weighted by Gasteiger charge is -2.36. The first-order valence-corrected chi connectivity index (χ1v) is 15.7. The zero-order valence-electron chi connectivity index (χ0n) is 22.5. The molecule has 10 heteroatoms. The SMILES string of the molecule is O=c1c(OC2CCCC2)c(N2CCN(S(=O)(=O)c3ccc(-c4ccccc4)cc3)CC2)cnn1-c1cccc(Cl)c1. The Morgan fingerprint density at radius 2 is 1.51 bits per heavy atom. The third kappa shape index (κ3) is 5.75. The maximum atomic E-state index is 13.7. The van der Waals surface area contributed by atoms with Crippen molar-refractivity contribution in [1.82, 2.24) is 14.1 Å². The maximum Gasteiger partial charge on any atom is 0.316 e. The fourth-order valence-electron chi connectivity index (χ4n) is 5.50. The summed E-state index contributed by atoms with van der Waals surface area (Å²) >= 11 is 6.17. The van der Waals surface area contributed by atoms with Crippen LogP contribution >= 0.6 is 11.6 Å². The molecule has 0 atom stereocenters. The minimum atomic E-state index is -3.67. The van der Waals surface area contributed by atoms with Gasteiger partial charge < -0.3 is 9.64 Å². The Morgan fingerprint density at radius 1 is 0.829 bits per heavy atom. The third-order valence-electron chi connectivity index (χ3n) is 7.73. The molecule has 212 valence electrons. The molecular weight excluding hydrogens is 560 g/mol. The number of hydrogen-bond donors (Lipinski definition) is 0. The number of nitrogens with zero attached hydrogens (tertiary/aromatic N) is 4. The van der Waals surface area contributed by atoms with E-state index in [-0.39, 0.29) is 35.4 Å². The first-order valence-electron chi connectivity index (χ1n) is 13.9. The summed E-state index contributed by atoms with van der Waals surface area (Å²) in [6.45, 7) is 1.38. The lowest BCUT2D eigenvalue weighted by Crippen LogP contribution is -2.49. The van der Waals surface area contributed by atoms with E-state index in [4.69, 9.17) is 16.3 Å². The third-order valence-corrected chi connectivity index (χ3v) is 9.88. The number of anilines is 1. The van der Waals surface area contributed by atoms with Gasteiger partial charge in [0.1, 0.15) is 5.69 Å². The van der Waals surface area contributed by atoms with Crippen LogP contribution in [0.2, 0.25) is 5.02 Å². The van der Waals surface area contributed by atoms with Gasteiger partial charge in [-0.1, -0.05) is 60.1 Å². The van der Waals surface area contributed by atoms with E-state index in [0.717, 1.165) is 36.8 Å². The average Bonchev–Trinajstić information content (AvgIpc) is 3.52. The summed E-state index contributed by atoms with van der Waals surface area (Å²) in [5.41, 5.74) is 2.78. The van der Waals surface area contributed by atoms with Crippen molar-refractivity contribution >= 4 is 27.3 Å². The van der Waals surface area contributed by atoms with Crippen LogP contribution in [0, 0.1) is 0 Å². The Hall–Kier alpha value is -3.66. The quantitative estimate of drug-likeness (QED) is 0.287. The van der Waals surface area contributed by atoms with Crippen molar-refractivity contribution < 1.29 is 13.2 Å². The van der Waals surface area contributed by atoms with Crippen LogP contribution in [0.15, 0.2) is 94.7 Å². The van der Waals surface area contributed by atoms with Crippen LogP contribution in [-0.4, -0.2) is 54.8 Å². The Morgan fingerprint density at radius 3 is 2.20 bits per heavy atom. The van der Waals surface area contributed by atoms with Gasteiger partial charge in [0.2, 0.25) is 15.8 Å². The van der Waals surface area contributed by atoms with Crippen molar-refractivity contribution in [3.8, 4) is 22.6 Å². The first-order chi connectivity index (χ1) is 19.9. The molecule has 2 aliphatic rings. The molecule has 8 nitrogen and oxygen atoms in total. The molecule has 1 saturated carbocycles. The molecule has 0 radical (unpaired) electrons. The highest BCUT2D eigenvalue weighted by molar-refractivity contribution is 7.89. The van der Waals surface area contributed by atoms with Gasteiger partial charge in [-0.05, 0) is 67.1 Å². The van der Waals surface area contributed by atoms with Crippen LogP contribution < -0.4 is 15.2 Å². The minimum absolute atomic E-state index is 0.0304. The van der Waals surface area contributed by atoms with Crippen LogP contribution in [-0.2, 0) is 10.0 Å². The molecular formula is C31H31ClN4O4S. The predicted octanol–water partition coefficient (Wildman–Crippen LogP) is 5.39. The summed E-state index contributed by atoms with van der Waals surface area (Å²) in [5.74, 6) is 0.250. The number of ether oxygens (including phenoxy) is 1. The summed E-state index contributed by atoms with van der Waals surface area (Å²) in [6, 6.07) is 23.8. The van der Waals surface area contributed by atoms with Crippen LogP contribution in [0.25, 0.3) is 16.8 Å². The summed E-state index contributed by atoms with van der Waals surface area (Å²) in [4.78, 5) is 15.9. The maximum absolute atomic E-state index is 13.7. The molecule has 0 unspecified atom stereocenters. The molecule has 3 aromatic carbocycles. The number of hydrogen-bond acceptors (Lipinski definition) is 6. The van der Waals surface area contributed by atoms with E-state index in [1.54, 1.807) is 42.6 Å². The zero-order chi connectivity index (χ0) is 28.4. The largest absolute Gasteiger partial charge is 0.483 e. The minimum Gasteiger partial charge on any atom is -0.483 e. The van der Waals surface area contributed by atoms with Crippen molar-refractivity contribution in [3.63, 3.8) is 0 Å². The molecule has 0 amide bonds. The number of halogens is 1. The van der Waals surface area contributed by atoms with Gasteiger partial charge in [-0.2, -0.15) is 14.1 Å². The summed E-state index contributed by atoms with van der Waals surface area (Å²) in [6.07, 6.45) is 5.53. The molecule has 1 aliphatic carbocycles. The van der Waals surface area contributed by atoms with Gasteiger partial charge in [0.15, 0.2) is 0 Å². The Bertz CT molecular complexity index is 1680. The highest BCUT2D eigenvalue weighted by Gasteiger charge is 2.31. The lowest BCUT2D eigenvalue weighted by molar-refractivity contribution is 0.205. The molecule has 1 saturated heterocycles. The van der Waals surface area contributed by atoms with Crippen LogP contribution in [0.3, 0.4) is 0 Å². The van der Waals surface area contributed by atoms with Crippen molar-refractivity contribution in [2.45, 2.75) is 36.7 Å². The molecule has 4 aromatic rings.